The Hall–Kier alpha value is -2.94. The van der Waals surface area contributed by atoms with Crippen molar-refractivity contribution >= 4 is 27.6 Å². The average Bonchev–Trinajstić information content (AvgIpc) is 2.93. The SMILES string of the molecule is O=C(c1ccc(F)cc1)c1cccc2c1[nH]c1ccccc12. The normalized spacial score (nSPS) is 11.1. The van der Waals surface area contributed by atoms with Crippen molar-refractivity contribution in [3.63, 3.8) is 0 Å². The Morgan fingerprint density at radius 2 is 1.55 bits per heavy atom. The number of aromatic nitrogens is 1. The van der Waals surface area contributed by atoms with E-state index >= 15 is 0 Å². The highest BCUT2D eigenvalue weighted by Crippen LogP contribution is 2.28. The van der Waals surface area contributed by atoms with Crippen LogP contribution in [0.1, 0.15) is 15.9 Å². The number of halogens is 1. The molecule has 0 spiro atoms. The molecular formula is C19H12FNO. The summed E-state index contributed by atoms with van der Waals surface area (Å²) >= 11 is 0. The summed E-state index contributed by atoms with van der Waals surface area (Å²) in [6.07, 6.45) is 0. The van der Waals surface area contributed by atoms with E-state index in [1.807, 2.05) is 36.4 Å². The molecule has 2 nitrogen and oxygen atoms in total. The lowest BCUT2D eigenvalue weighted by Gasteiger charge is -2.03. The molecule has 0 atom stereocenters. The van der Waals surface area contributed by atoms with Crippen LogP contribution in [0.2, 0.25) is 0 Å². The van der Waals surface area contributed by atoms with Crippen LogP contribution in [0, 0.1) is 5.82 Å². The van der Waals surface area contributed by atoms with Gasteiger partial charge in [0.2, 0.25) is 0 Å². The number of hydrogen-bond acceptors (Lipinski definition) is 1. The van der Waals surface area contributed by atoms with Crippen LogP contribution in [-0.4, -0.2) is 10.8 Å². The molecule has 106 valence electrons. The van der Waals surface area contributed by atoms with Crippen LogP contribution in [0.3, 0.4) is 0 Å². The number of fused-ring (bicyclic) bond motifs is 3. The first-order chi connectivity index (χ1) is 10.7. The fourth-order valence-corrected chi connectivity index (χ4v) is 2.82. The maximum absolute atomic E-state index is 13.0. The molecule has 1 aromatic heterocycles. The Labute approximate surface area is 126 Å². The van der Waals surface area contributed by atoms with Gasteiger partial charge in [-0.2, -0.15) is 0 Å². The van der Waals surface area contributed by atoms with Crippen molar-refractivity contribution in [1.29, 1.82) is 0 Å². The molecule has 1 N–H and O–H groups in total. The predicted octanol–water partition coefficient (Wildman–Crippen LogP) is 4.69. The minimum Gasteiger partial charge on any atom is -0.354 e. The fraction of sp³-hybridized carbons (Fsp3) is 0. The number of rotatable bonds is 2. The molecule has 0 saturated heterocycles. The fourth-order valence-electron chi connectivity index (χ4n) is 2.82. The van der Waals surface area contributed by atoms with Crippen LogP contribution in [-0.2, 0) is 0 Å². The standard InChI is InChI=1S/C19H12FNO/c20-13-10-8-12(9-11-13)19(22)16-6-3-5-15-14-4-1-2-7-17(14)21-18(15)16/h1-11,21H. The van der Waals surface area contributed by atoms with Crippen LogP contribution in [0.4, 0.5) is 4.39 Å². The number of benzene rings is 3. The van der Waals surface area contributed by atoms with Gasteiger partial charge < -0.3 is 4.98 Å². The number of hydrogen-bond donors (Lipinski definition) is 1. The van der Waals surface area contributed by atoms with Crippen molar-refractivity contribution in [2.24, 2.45) is 0 Å². The third-order valence-electron chi connectivity index (χ3n) is 3.89. The highest BCUT2D eigenvalue weighted by atomic mass is 19.1. The molecule has 0 fully saturated rings. The van der Waals surface area contributed by atoms with Crippen molar-refractivity contribution < 1.29 is 9.18 Å². The van der Waals surface area contributed by atoms with Crippen LogP contribution in [0.25, 0.3) is 21.8 Å². The van der Waals surface area contributed by atoms with E-state index in [0.717, 1.165) is 21.8 Å². The van der Waals surface area contributed by atoms with Gasteiger partial charge in [-0.15, -0.1) is 0 Å². The topological polar surface area (TPSA) is 32.9 Å². The summed E-state index contributed by atoms with van der Waals surface area (Å²) in [6.45, 7) is 0. The number of H-pyrrole nitrogens is 1. The van der Waals surface area contributed by atoms with Gasteiger partial charge in [0.1, 0.15) is 5.82 Å². The van der Waals surface area contributed by atoms with Crippen LogP contribution in [0.15, 0.2) is 66.7 Å². The van der Waals surface area contributed by atoms with Crippen LogP contribution in [0.5, 0.6) is 0 Å². The van der Waals surface area contributed by atoms with Gasteiger partial charge >= 0.3 is 0 Å². The van der Waals surface area contributed by atoms with E-state index in [1.54, 1.807) is 6.07 Å². The summed E-state index contributed by atoms with van der Waals surface area (Å²) in [5, 5.41) is 2.11. The first-order valence-corrected chi connectivity index (χ1v) is 7.04. The number of nitrogens with one attached hydrogen (secondary N) is 1. The number of aromatic amines is 1. The molecule has 0 aliphatic heterocycles. The van der Waals surface area contributed by atoms with Gasteiger partial charge in [0, 0.05) is 27.4 Å². The van der Waals surface area contributed by atoms with Gasteiger partial charge in [0.05, 0.1) is 5.52 Å². The molecule has 4 rings (SSSR count). The van der Waals surface area contributed by atoms with E-state index in [0.29, 0.717) is 11.1 Å². The van der Waals surface area contributed by atoms with Gasteiger partial charge in [-0.1, -0.05) is 30.3 Å². The van der Waals surface area contributed by atoms with Crippen LogP contribution >= 0.6 is 0 Å². The first-order valence-electron chi connectivity index (χ1n) is 7.04. The van der Waals surface area contributed by atoms with E-state index in [2.05, 4.69) is 4.98 Å². The molecule has 0 aliphatic rings. The smallest absolute Gasteiger partial charge is 0.195 e. The minimum atomic E-state index is -0.347. The molecule has 0 saturated carbocycles. The summed E-state index contributed by atoms with van der Waals surface area (Å²) in [5.74, 6) is -0.461. The summed E-state index contributed by atoms with van der Waals surface area (Å²) in [7, 11) is 0. The third kappa shape index (κ3) is 1.91. The van der Waals surface area contributed by atoms with Gasteiger partial charge in [0.15, 0.2) is 5.78 Å². The van der Waals surface area contributed by atoms with Crippen LogP contribution < -0.4 is 0 Å². The molecule has 22 heavy (non-hydrogen) atoms. The Kier molecular flexibility index (Phi) is 2.79. The maximum Gasteiger partial charge on any atom is 0.195 e. The van der Waals surface area contributed by atoms with Gasteiger partial charge in [-0.25, -0.2) is 4.39 Å². The summed E-state index contributed by atoms with van der Waals surface area (Å²) in [4.78, 5) is 16.0. The highest BCUT2D eigenvalue weighted by molar-refractivity contribution is 6.20. The maximum atomic E-state index is 13.0. The monoisotopic (exact) mass is 289 g/mol. The van der Waals surface area contributed by atoms with Gasteiger partial charge in [0.25, 0.3) is 0 Å². The average molecular weight is 289 g/mol. The van der Waals surface area contributed by atoms with Crippen molar-refractivity contribution in [1.82, 2.24) is 4.98 Å². The van der Waals surface area contributed by atoms with Crippen molar-refractivity contribution in [2.75, 3.05) is 0 Å². The van der Waals surface area contributed by atoms with Crippen molar-refractivity contribution in [2.45, 2.75) is 0 Å². The first kappa shape index (κ1) is 12.8. The predicted molar refractivity (Wildman–Crippen MR) is 85.6 cm³/mol. The van der Waals surface area contributed by atoms with Crippen molar-refractivity contribution in [3.05, 3.63) is 83.7 Å². The lowest BCUT2D eigenvalue weighted by Crippen LogP contribution is -2.02. The molecule has 1 heterocycles. The second-order valence-electron chi connectivity index (χ2n) is 5.23. The molecule has 3 heteroatoms. The molecule has 0 unspecified atom stereocenters. The van der Waals surface area contributed by atoms with E-state index in [9.17, 15) is 9.18 Å². The Morgan fingerprint density at radius 1 is 0.818 bits per heavy atom. The van der Waals surface area contributed by atoms with E-state index in [1.165, 1.54) is 24.3 Å². The zero-order valence-electron chi connectivity index (χ0n) is 11.6. The summed E-state index contributed by atoms with van der Waals surface area (Å²) < 4.78 is 13.0. The lowest BCUT2D eigenvalue weighted by atomic mass is 10.0. The largest absolute Gasteiger partial charge is 0.354 e. The molecule has 0 radical (unpaired) electrons. The second kappa shape index (κ2) is 4.81. The Bertz CT molecular complexity index is 999. The number of para-hydroxylation sites is 2. The van der Waals surface area contributed by atoms with E-state index < -0.39 is 0 Å². The van der Waals surface area contributed by atoms with E-state index in [4.69, 9.17) is 0 Å². The number of carbonyl (C=O) groups excluding carboxylic acids is 1. The number of ketones is 1. The van der Waals surface area contributed by atoms with Gasteiger partial charge in [-0.05, 0) is 36.4 Å². The Morgan fingerprint density at radius 3 is 2.36 bits per heavy atom. The molecular weight excluding hydrogens is 277 g/mol. The summed E-state index contributed by atoms with van der Waals surface area (Å²) in [6, 6.07) is 19.2. The molecule has 0 bridgehead atoms. The molecule has 0 amide bonds. The third-order valence-corrected chi connectivity index (χ3v) is 3.89. The molecule has 4 aromatic rings. The van der Waals surface area contributed by atoms with Crippen molar-refractivity contribution in [3.8, 4) is 0 Å². The van der Waals surface area contributed by atoms with E-state index in [-0.39, 0.29) is 11.6 Å². The lowest BCUT2D eigenvalue weighted by molar-refractivity contribution is 0.104. The molecule has 3 aromatic carbocycles. The minimum absolute atomic E-state index is 0.114. The zero-order valence-corrected chi connectivity index (χ0v) is 11.6. The second-order valence-corrected chi connectivity index (χ2v) is 5.23. The highest BCUT2D eigenvalue weighted by Gasteiger charge is 2.15. The zero-order chi connectivity index (χ0) is 15.1. The Balaban J connectivity index is 1.95. The summed E-state index contributed by atoms with van der Waals surface area (Å²) in [5.41, 5.74) is 2.89. The number of carbonyl (C=O) groups is 1. The van der Waals surface area contributed by atoms with Gasteiger partial charge in [-0.3, -0.25) is 4.79 Å². The molecule has 0 aliphatic carbocycles. The quantitative estimate of drug-likeness (QED) is 0.533.